The van der Waals surface area contributed by atoms with Crippen LogP contribution in [-0.4, -0.2) is 49.8 Å². The molecule has 7 heteroatoms. The maximum Gasteiger partial charge on any atom is 0.305 e. The lowest BCUT2D eigenvalue weighted by Crippen LogP contribution is -2.33. The highest BCUT2D eigenvalue weighted by Gasteiger charge is 2.17. The first kappa shape index (κ1) is 25.4. The third-order valence-corrected chi connectivity index (χ3v) is 5.01. The van der Waals surface area contributed by atoms with E-state index in [1.807, 2.05) is 37.3 Å². The smallest absolute Gasteiger partial charge is 0.305 e. The van der Waals surface area contributed by atoms with E-state index in [9.17, 15) is 14.7 Å². The van der Waals surface area contributed by atoms with Crippen molar-refractivity contribution in [3.05, 3.63) is 59.7 Å². The van der Waals surface area contributed by atoms with Crippen molar-refractivity contribution in [2.24, 2.45) is 0 Å². The van der Waals surface area contributed by atoms with Gasteiger partial charge in [-0.2, -0.15) is 0 Å². The monoisotopic (exact) mass is 443 g/mol. The van der Waals surface area contributed by atoms with Gasteiger partial charge in [0.2, 0.25) is 0 Å². The molecule has 0 spiro atoms. The Hall–Kier alpha value is -2.90. The van der Waals surface area contributed by atoms with Gasteiger partial charge in [-0.15, -0.1) is 0 Å². The molecule has 2 aromatic carbocycles. The normalized spacial score (nSPS) is 12.6. The molecule has 0 heterocycles. The number of ether oxygens (including phenoxy) is 3. The fraction of sp³-hybridized carbons (Fsp3) is 0.440. The van der Waals surface area contributed by atoms with Crippen molar-refractivity contribution < 1.29 is 28.9 Å². The zero-order chi connectivity index (χ0) is 23.3. The Morgan fingerprint density at radius 1 is 1.06 bits per heavy atom. The topological polar surface area (TPSA) is 94.1 Å². The van der Waals surface area contributed by atoms with Crippen LogP contribution in [-0.2, 0) is 9.53 Å². The molecule has 0 saturated heterocycles. The van der Waals surface area contributed by atoms with Crippen molar-refractivity contribution in [1.29, 1.82) is 0 Å². The van der Waals surface area contributed by atoms with Gasteiger partial charge in [-0.25, -0.2) is 0 Å². The summed E-state index contributed by atoms with van der Waals surface area (Å²) in [5, 5.41) is 13.6. The minimum atomic E-state index is -0.647. The van der Waals surface area contributed by atoms with Crippen LogP contribution in [0.2, 0.25) is 0 Å². The van der Waals surface area contributed by atoms with Crippen LogP contribution in [0.25, 0.3) is 0 Å². The van der Waals surface area contributed by atoms with Crippen LogP contribution in [0.1, 0.15) is 55.1 Å². The van der Waals surface area contributed by atoms with Gasteiger partial charge in [0.1, 0.15) is 0 Å². The summed E-state index contributed by atoms with van der Waals surface area (Å²) in [5.41, 5.74) is 1.36. The Morgan fingerprint density at radius 3 is 2.50 bits per heavy atom. The molecule has 0 bridgehead atoms. The van der Waals surface area contributed by atoms with Crippen LogP contribution in [0.4, 0.5) is 0 Å². The predicted octanol–water partition coefficient (Wildman–Crippen LogP) is 3.70. The van der Waals surface area contributed by atoms with E-state index in [1.54, 1.807) is 25.1 Å². The molecule has 2 atom stereocenters. The number of aliphatic hydroxyl groups is 1. The van der Waals surface area contributed by atoms with Gasteiger partial charge in [-0.1, -0.05) is 30.3 Å². The highest BCUT2D eigenvalue weighted by molar-refractivity contribution is 5.96. The maximum absolute atomic E-state index is 12.6. The molecule has 2 rings (SSSR count). The van der Waals surface area contributed by atoms with Crippen molar-refractivity contribution in [1.82, 2.24) is 5.32 Å². The van der Waals surface area contributed by atoms with Crippen molar-refractivity contribution in [3.8, 4) is 11.5 Å². The minimum absolute atomic E-state index is 0.0361. The number of hydrogen-bond acceptors (Lipinski definition) is 7. The van der Waals surface area contributed by atoms with Gasteiger partial charge in [0, 0.05) is 31.0 Å². The first-order valence-corrected chi connectivity index (χ1v) is 10.9. The number of methoxy groups -OCH3 is 1. The molecular weight excluding hydrogens is 410 g/mol. The molecule has 2 aromatic rings. The number of rotatable bonds is 14. The van der Waals surface area contributed by atoms with E-state index < -0.39 is 6.10 Å². The summed E-state index contributed by atoms with van der Waals surface area (Å²) in [4.78, 5) is 24.0. The van der Waals surface area contributed by atoms with Gasteiger partial charge in [-0.3, -0.25) is 9.59 Å². The Bertz CT molecular complexity index is 855. The Morgan fingerprint density at radius 2 is 1.81 bits per heavy atom. The lowest BCUT2D eigenvalue weighted by Gasteiger charge is -2.20. The second-order valence-electron chi connectivity index (χ2n) is 7.39. The SMILES string of the molecule is CCOC(=O)CCCOc1ccc(C(=O)CCNC(C)C(O)c2ccccc2)cc1OC. The average molecular weight is 444 g/mol. The molecule has 0 amide bonds. The summed E-state index contributed by atoms with van der Waals surface area (Å²) in [7, 11) is 1.52. The Kier molecular flexibility index (Phi) is 10.7. The minimum Gasteiger partial charge on any atom is -0.493 e. The highest BCUT2D eigenvalue weighted by atomic mass is 16.5. The predicted molar refractivity (Wildman–Crippen MR) is 122 cm³/mol. The second kappa shape index (κ2) is 13.5. The van der Waals surface area contributed by atoms with Crippen molar-refractivity contribution >= 4 is 11.8 Å². The molecule has 0 aromatic heterocycles. The fourth-order valence-corrected chi connectivity index (χ4v) is 3.20. The van der Waals surface area contributed by atoms with Crippen LogP contribution in [0.3, 0.4) is 0 Å². The third-order valence-electron chi connectivity index (χ3n) is 5.01. The van der Waals surface area contributed by atoms with Gasteiger partial charge >= 0.3 is 5.97 Å². The highest BCUT2D eigenvalue weighted by Crippen LogP contribution is 2.28. The number of hydrogen-bond donors (Lipinski definition) is 2. The third kappa shape index (κ3) is 7.98. The van der Waals surface area contributed by atoms with Crippen LogP contribution < -0.4 is 14.8 Å². The van der Waals surface area contributed by atoms with Crippen LogP contribution >= 0.6 is 0 Å². The largest absolute Gasteiger partial charge is 0.493 e. The van der Waals surface area contributed by atoms with E-state index in [4.69, 9.17) is 14.2 Å². The van der Waals surface area contributed by atoms with E-state index >= 15 is 0 Å². The number of benzene rings is 2. The molecule has 2 unspecified atom stereocenters. The lowest BCUT2D eigenvalue weighted by molar-refractivity contribution is -0.143. The molecule has 174 valence electrons. The molecule has 0 aliphatic carbocycles. The van der Waals surface area contributed by atoms with Gasteiger partial charge in [0.25, 0.3) is 0 Å². The first-order valence-electron chi connectivity index (χ1n) is 10.9. The summed E-state index contributed by atoms with van der Waals surface area (Å²) in [5.74, 6) is 0.702. The lowest BCUT2D eigenvalue weighted by atomic mass is 10.0. The molecule has 2 N–H and O–H groups in total. The van der Waals surface area contributed by atoms with Crippen molar-refractivity contribution in [2.45, 2.75) is 45.3 Å². The Labute approximate surface area is 189 Å². The van der Waals surface area contributed by atoms with E-state index in [-0.39, 0.29) is 30.6 Å². The number of esters is 1. The molecule has 0 aliphatic heterocycles. The van der Waals surface area contributed by atoms with Gasteiger partial charge in [-0.05, 0) is 44.0 Å². The van der Waals surface area contributed by atoms with E-state index in [2.05, 4.69) is 5.32 Å². The number of Topliss-reactive ketones (excluding diaryl/α,β-unsaturated/α-hetero) is 1. The Balaban J connectivity index is 1.82. The van der Waals surface area contributed by atoms with E-state index in [0.717, 1.165) is 5.56 Å². The summed E-state index contributed by atoms with van der Waals surface area (Å²) in [6, 6.07) is 14.3. The number of aliphatic hydroxyl groups excluding tert-OH is 1. The quantitative estimate of drug-likeness (QED) is 0.261. The number of carbonyl (C=O) groups is 2. The number of ketones is 1. The zero-order valence-corrected chi connectivity index (χ0v) is 19.0. The van der Waals surface area contributed by atoms with Crippen molar-refractivity contribution in [2.75, 3.05) is 26.9 Å². The molecule has 32 heavy (non-hydrogen) atoms. The summed E-state index contributed by atoms with van der Waals surface area (Å²) in [6.07, 6.45) is 0.458. The molecule has 0 radical (unpaired) electrons. The summed E-state index contributed by atoms with van der Waals surface area (Å²) < 4.78 is 15.9. The van der Waals surface area contributed by atoms with Gasteiger partial charge < -0.3 is 24.6 Å². The average Bonchev–Trinajstić information content (AvgIpc) is 2.81. The second-order valence-corrected chi connectivity index (χ2v) is 7.39. The zero-order valence-electron chi connectivity index (χ0n) is 19.0. The number of nitrogens with one attached hydrogen (secondary N) is 1. The van der Waals surface area contributed by atoms with Gasteiger partial charge in [0.05, 0.1) is 26.4 Å². The summed E-state index contributed by atoms with van der Waals surface area (Å²) in [6.45, 7) is 4.81. The van der Waals surface area contributed by atoms with E-state index in [0.29, 0.717) is 43.2 Å². The molecule has 0 aliphatic rings. The van der Waals surface area contributed by atoms with Gasteiger partial charge in [0.15, 0.2) is 17.3 Å². The molecular formula is C25H33NO6. The van der Waals surface area contributed by atoms with E-state index in [1.165, 1.54) is 7.11 Å². The molecule has 0 saturated carbocycles. The van der Waals surface area contributed by atoms with Crippen molar-refractivity contribution in [3.63, 3.8) is 0 Å². The maximum atomic E-state index is 12.6. The van der Waals surface area contributed by atoms with Crippen LogP contribution in [0.15, 0.2) is 48.5 Å². The standard InChI is InChI=1S/C25H33NO6/c1-4-31-24(28)11-8-16-32-22-13-12-20(17-23(22)30-3)21(27)14-15-26-18(2)25(29)19-9-6-5-7-10-19/h5-7,9-10,12-13,17-18,25-26,29H,4,8,11,14-16H2,1-3H3. The first-order chi connectivity index (χ1) is 15.5. The van der Waals surface area contributed by atoms with Crippen LogP contribution in [0, 0.1) is 0 Å². The molecule has 0 fully saturated rings. The number of carbonyl (C=O) groups excluding carboxylic acids is 2. The van der Waals surface area contributed by atoms with Crippen LogP contribution in [0.5, 0.6) is 11.5 Å². The fourth-order valence-electron chi connectivity index (χ4n) is 3.20. The molecule has 7 nitrogen and oxygen atoms in total. The summed E-state index contributed by atoms with van der Waals surface area (Å²) >= 11 is 0.